The van der Waals surface area contributed by atoms with E-state index < -0.39 is 35.7 Å². The van der Waals surface area contributed by atoms with E-state index in [9.17, 15) is 27.6 Å². The average Bonchev–Trinajstić information content (AvgIpc) is 2.80. The van der Waals surface area contributed by atoms with Crippen LogP contribution in [0.25, 0.3) is 0 Å². The molecule has 35 heavy (non-hydrogen) atoms. The zero-order valence-corrected chi connectivity index (χ0v) is 18.6. The molecule has 1 unspecified atom stereocenters. The number of hydrogen-bond donors (Lipinski definition) is 2. The zero-order valence-electron chi connectivity index (χ0n) is 18.6. The number of aldehydes is 1. The number of ether oxygens (including phenoxy) is 1. The molecule has 0 spiro atoms. The van der Waals surface area contributed by atoms with Gasteiger partial charge in [0.2, 0.25) is 5.96 Å². The number of halogens is 3. The lowest BCUT2D eigenvalue weighted by atomic mass is 9.92. The number of rotatable bonds is 6. The Morgan fingerprint density at radius 1 is 1.31 bits per heavy atom. The first-order valence-corrected chi connectivity index (χ1v) is 9.76. The van der Waals surface area contributed by atoms with Gasteiger partial charge in [0.15, 0.2) is 0 Å². The van der Waals surface area contributed by atoms with E-state index >= 15 is 0 Å². The Kier molecular flexibility index (Phi) is 7.99. The normalized spacial score (nSPS) is 17.1. The van der Waals surface area contributed by atoms with Crippen LogP contribution in [-0.2, 0) is 20.5 Å². The van der Waals surface area contributed by atoms with Crippen molar-refractivity contribution in [3.63, 3.8) is 0 Å². The summed E-state index contributed by atoms with van der Waals surface area (Å²) in [6.07, 6.45) is -0.879. The van der Waals surface area contributed by atoms with Crippen molar-refractivity contribution in [3.05, 3.63) is 77.1 Å². The second-order valence-corrected chi connectivity index (χ2v) is 7.03. The van der Waals surface area contributed by atoms with Crippen molar-refractivity contribution < 1.29 is 32.3 Å². The third-order valence-electron chi connectivity index (χ3n) is 5.03. The third kappa shape index (κ3) is 5.30. The average molecular weight is 487 g/mol. The van der Waals surface area contributed by atoms with Crippen LogP contribution in [0.3, 0.4) is 0 Å². The van der Waals surface area contributed by atoms with E-state index in [0.717, 1.165) is 36.3 Å². The number of esters is 1. The number of nitriles is 1. The molecule has 0 aliphatic carbocycles. The number of methoxy groups -OCH3 is 1. The first kappa shape index (κ1) is 26.6. The fourth-order valence-corrected chi connectivity index (χ4v) is 3.42. The molecule has 3 N–H and O–H groups in total. The summed E-state index contributed by atoms with van der Waals surface area (Å²) in [5, 5.41) is 17.6. The molecule has 182 valence electrons. The molecule has 1 atom stereocenters. The summed E-state index contributed by atoms with van der Waals surface area (Å²) in [6, 6.07) is 2.86. The molecule has 1 aromatic carbocycles. The Morgan fingerprint density at radius 2 is 1.97 bits per heavy atom. The summed E-state index contributed by atoms with van der Waals surface area (Å²) in [4.78, 5) is 38.6. The number of carbonyl (C=O) groups is 3. The van der Waals surface area contributed by atoms with Gasteiger partial charge in [0.05, 0.1) is 29.9 Å². The van der Waals surface area contributed by atoms with Gasteiger partial charge in [-0.25, -0.2) is 9.59 Å². The topological polar surface area (TPSA) is 141 Å². The first-order valence-electron chi connectivity index (χ1n) is 9.76. The number of amides is 2. The number of primary amides is 1. The Morgan fingerprint density at radius 3 is 2.46 bits per heavy atom. The lowest BCUT2D eigenvalue weighted by Gasteiger charge is -2.42. The summed E-state index contributed by atoms with van der Waals surface area (Å²) < 4.78 is 44.7. The van der Waals surface area contributed by atoms with Crippen molar-refractivity contribution >= 4 is 29.9 Å². The maximum atomic E-state index is 13.3. The number of hydrogen-bond acceptors (Lipinski definition) is 6. The molecular weight excluding hydrogens is 467 g/mol. The fourth-order valence-electron chi connectivity index (χ4n) is 3.42. The maximum absolute atomic E-state index is 13.3. The molecule has 1 aromatic rings. The largest absolute Gasteiger partial charge is 0.466 e. The van der Waals surface area contributed by atoms with Crippen LogP contribution >= 0.6 is 0 Å². The Hall–Kier alpha value is -4.66. The number of benzene rings is 1. The number of nitrogens with two attached hydrogens (primary N) is 1. The Bertz CT molecular complexity index is 1220. The summed E-state index contributed by atoms with van der Waals surface area (Å²) in [7, 11) is 1.03. The van der Waals surface area contributed by atoms with Crippen molar-refractivity contribution in [2.75, 3.05) is 12.0 Å². The quantitative estimate of drug-likeness (QED) is 0.207. The van der Waals surface area contributed by atoms with Crippen LogP contribution in [0, 0.1) is 16.7 Å². The van der Waals surface area contributed by atoms with E-state index in [1.807, 2.05) is 6.07 Å². The molecule has 1 heterocycles. The van der Waals surface area contributed by atoms with Gasteiger partial charge >= 0.3 is 18.2 Å². The molecule has 9 nitrogen and oxygen atoms in total. The highest BCUT2D eigenvalue weighted by Gasteiger charge is 2.44. The van der Waals surface area contributed by atoms with Crippen molar-refractivity contribution in [3.8, 4) is 6.07 Å². The number of guanidine groups is 1. The first-order chi connectivity index (χ1) is 16.4. The molecule has 1 aliphatic rings. The van der Waals surface area contributed by atoms with Crippen LogP contribution in [0.4, 0.5) is 23.7 Å². The SMILES string of the molecule is C=C/C(C#N)=C\C=C(/C=O)C1C(C(=O)OC)=C(C)N(c2cccc(C(F)(F)F)c2)C(=N)N1C(N)=O. The summed E-state index contributed by atoms with van der Waals surface area (Å²) in [6.45, 7) is 4.76. The zero-order chi connectivity index (χ0) is 26.5. The molecule has 2 rings (SSSR count). The number of anilines is 1. The van der Waals surface area contributed by atoms with Gasteiger partial charge in [-0.05, 0) is 31.2 Å². The number of nitrogens with zero attached hydrogens (tertiary/aromatic N) is 3. The summed E-state index contributed by atoms with van der Waals surface area (Å²) >= 11 is 0. The third-order valence-corrected chi connectivity index (χ3v) is 5.03. The predicted molar refractivity (Wildman–Crippen MR) is 120 cm³/mol. The van der Waals surface area contributed by atoms with Crippen LogP contribution in [0.15, 0.2) is 71.5 Å². The molecule has 0 bridgehead atoms. The standard InChI is InChI=1S/C23H20F3N5O4/c1-4-14(11-27)8-9-15(12-32)19-18(20(33)35-3)13(2)30(21(28)31(19)22(29)34)17-7-5-6-16(10-17)23(24,25)26/h4-10,12,19,28H,1H2,2-3H3,(H2,29,34)/b14-8+,15-9+,28-21?. The molecule has 0 aromatic heterocycles. The van der Waals surface area contributed by atoms with E-state index in [4.69, 9.17) is 21.1 Å². The van der Waals surface area contributed by atoms with E-state index in [1.54, 1.807) is 0 Å². The fraction of sp³-hybridized carbons (Fsp3) is 0.174. The number of carbonyl (C=O) groups excluding carboxylic acids is 3. The lowest BCUT2D eigenvalue weighted by molar-refractivity contribution is -0.138. The van der Waals surface area contributed by atoms with Gasteiger partial charge in [0.25, 0.3) is 0 Å². The second-order valence-electron chi connectivity index (χ2n) is 7.03. The molecular formula is C23H20F3N5O4. The highest BCUT2D eigenvalue weighted by atomic mass is 19.4. The highest BCUT2D eigenvalue weighted by Crippen LogP contribution is 2.37. The van der Waals surface area contributed by atoms with Crippen LogP contribution in [0.2, 0.25) is 0 Å². The van der Waals surface area contributed by atoms with Gasteiger partial charge in [-0.1, -0.05) is 24.8 Å². The lowest BCUT2D eigenvalue weighted by Crippen LogP contribution is -2.59. The highest BCUT2D eigenvalue weighted by molar-refractivity contribution is 6.11. The van der Waals surface area contributed by atoms with Gasteiger partial charge < -0.3 is 10.5 Å². The minimum absolute atomic E-state index is 0.0479. The molecule has 1 aliphatic heterocycles. The molecule has 2 amide bonds. The van der Waals surface area contributed by atoms with Gasteiger partial charge in [-0.3, -0.25) is 20.0 Å². The maximum Gasteiger partial charge on any atom is 0.416 e. The number of allylic oxidation sites excluding steroid dienone is 5. The minimum Gasteiger partial charge on any atom is -0.466 e. The van der Waals surface area contributed by atoms with E-state index in [0.29, 0.717) is 11.2 Å². The molecule has 0 saturated carbocycles. The molecule has 0 radical (unpaired) electrons. The van der Waals surface area contributed by atoms with Gasteiger partial charge in [0, 0.05) is 17.0 Å². The number of urea groups is 1. The van der Waals surface area contributed by atoms with Gasteiger partial charge in [-0.15, -0.1) is 0 Å². The summed E-state index contributed by atoms with van der Waals surface area (Å²) in [5.74, 6) is -1.74. The van der Waals surface area contributed by atoms with E-state index in [1.165, 1.54) is 25.1 Å². The molecule has 0 fully saturated rings. The smallest absolute Gasteiger partial charge is 0.416 e. The van der Waals surface area contributed by atoms with Crippen LogP contribution < -0.4 is 10.6 Å². The van der Waals surface area contributed by atoms with E-state index in [-0.39, 0.29) is 28.1 Å². The van der Waals surface area contributed by atoms with Crippen LogP contribution in [0.1, 0.15) is 12.5 Å². The van der Waals surface area contributed by atoms with Crippen molar-refractivity contribution in [1.82, 2.24) is 4.90 Å². The molecule has 12 heteroatoms. The number of nitrogens with one attached hydrogen (secondary N) is 1. The van der Waals surface area contributed by atoms with Crippen molar-refractivity contribution in [1.29, 1.82) is 10.7 Å². The van der Waals surface area contributed by atoms with Crippen LogP contribution in [0.5, 0.6) is 0 Å². The summed E-state index contributed by atoms with van der Waals surface area (Å²) in [5.41, 5.74) is 3.63. The van der Waals surface area contributed by atoms with Gasteiger partial charge in [-0.2, -0.15) is 18.4 Å². The predicted octanol–water partition coefficient (Wildman–Crippen LogP) is 3.42. The van der Waals surface area contributed by atoms with Crippen molar-refractivity contribution in [2.24, 2.45) is 5.73 Å². The minimum atomic E-state index is -4.70. The van der Waals surface area contributed by atoms with E-state index in [2.05, 4.69) is 6.58 Å². The number of alkyl halides is 3. The van der Waals surface area contributed by atoms with Crippen LogP contribution in [-0.4, -0.2) is 42.3 Å². The van der Waals surface area contributed by atoms with Gasteiger partial charge in [0.1, 0.15) is 12.3 Å². The Labute approximate surface area is 198 Å². The second kappa shape index (κ2) is 10.5. The molecule has 0 saturated heterocycles. The Balaban J connectivity index is 2.88. The monoisotopic (exact) mass is 487 g/mol. The van der Waals surface area contributed by atoms with Crippen molar-refractivity contribution in [2.45, 2.75) is 19.1 Å².